The van der Waals surface area contributed by atoms with Gasteiger partial charge in [0.15, 0.2) is 0 Å². The highest BCUT2D eigenvalue weighted by molar-refractivity contribution is 6.33. The highest BCUT2D eigenvalue weighted by atomic mass is 35.5. The van der Waals surface area contributed by atoms with Gasteiger partial charge in [-0.15, -0.1) is 0 Å². The first kappa shape index (κ1) is 20.8. The number of nitrogens with one attached hydrogen (secondary N) is 1. The smallest absolute Gasteiger partial charge is 0.274 e. The molecule has 0 saturated carbocycles. The van der Waals surface area contributed by atoms with Crippen LogP contribution in [0.3, 0.4) is 0 Å². The van der Waals surface area contributed by atoms with Gasteiger partial charge in [0, 0.05) is 28.4 Å². The molecule has 1 aliphatic heterocycles. The zero-order chi connectivity index (χ0) is 22.0. The Morgan fingerprint density at radius 3 is 2.52 bits per heavy atom. The second-order valence-electron chi connectivity index (χ2n) is 7.11. The number of hydrogen-bond acceptors (Lipinski definition) is 3. The summed E-state index contributed by atoms with van der Waals surface area (Å²) in [7, 11) is 0. The minimum atomic E-state index is -0.608. The Morgan fingerprint density at radius 1 is 1.03 bits per heavy atom. The quantitative estimate of drug-likeness (QED) is 0.269. The van der Waals surface area contributed by atoms with E-state index in [4.69, 9.17) is 16.8 Å². The molecule has 3 aromatic rings. The Balaban J connectivity index is 1.74. The van der Waals surface area contributed by atoms with E-state index < -0.39 is 5.91 Å². The first-order valence-corrected chi connectivity index (χ1v) is 9.96. The van der Waals surface area contributed by atoms with Gasteiger partial charge in [-0.2, -0.15) is 0 Å². The van der Waals surface area contributed by atoms with Crippen LogP contribution in [-0.4, -0.2) is 23.6 Å². The Hall–Kier alpha value is -3.48. The van der Waals surface area contributed by atoms with Crippen molar-refractivity contribution in [2.24, 2.45) is 0 Å². The molecular formula is C24H18ClFN2O3. The number of amides is 2. The summed E-state index contributed by atoms with van der Waals surface area (Å²) in [5.74, 6) is -1.20. The number of fused-ring (bicyclic) bond motifs is 1. The van der Waals surface area contributed by atoms with E-state index in [2.05, 4.69) is 0 Å². The van der Waals surface area contributed by atoms with Crippen molar-refractivity contribution in [2.75, 3.05) is 11.4 Å². The monoisotopic (exact) mass is 436 g/mol. The number of hydroxylamine groups is 1. The highest BCUT2D eigenvalue weighted by Gasteiger charge is 2.28. The fraction of sp³-hybridized carbons (Fsp3) is 0.0833. The van der Waals surface area contributed by atoms with Crippen molar-refractivity contribution in [2.45, 2.75) is 6.42 Å². The fourth-order valence-corrected chi connectivity index (χ4v) is 3.80. The predicted octanol–water partition coefficient (Wildman–Crippen LogP) is 4.73. The summed E-state index contributed by atoms with van der Waals surface area (Å²) in [6.07, 6.45) is 2.28. The highest BCUT2D eigenvalue weighted by Crippen LogP contribution is 2.33. The van der Waals surface area contributed by atoms with Crippen LogP contribution in [0.15, 0.2) is 66.7 Å². The van der Waals surface area contributed by atoms with Gasteiger partial charge in [-0.3, -0.25) is 14.8 Å². The molecule has 156 valence electrons. The molecule has 1 aliphatic rings. The summed E-state index contributed by atoms with van der Waals surface area (Å²) in [5, 5.41) is 9.35. The molecule has 0 unspecified atom stereocenters. The summed E-state index contributed by atoms with van der Waals surface area (Å²) >= 11 is 6.16. The van der Waals surface area contributed by atoms with E-state index in [-0.39, 0.29) is 11.7 Å². The molecule has 3 aromatic carbocycles. The third-order valence-corrected chi connectivity index (χ3v) is 5.37. The molecule has 0 atom stereocenters. The molecule has 0 bridgehead atoms. The van der Waals surface area contributed by atoms with Crippen molar-refractivity contribution in [3.63, 3.8) is 0 Å². The number of anilines is 1. The van der Waals surface area contributed by atoms with Crippen LogP contribution in [0.25, 0.3) is 11.6 Å². The molecule has 0 fully saturated rings. The molecule has 7 heteroatoms. The molecule has 0 saturated heterocycles. The first-order chi connectivity index (χ1) is 15.0. The van der Waals surface area contributed by atoms with Gasteiger partial charge in [0.2, 0.25) is 0 Å². The van der Waals surface area contributed by atoms with Gasteiger partial charge in [-0.1, -0.05) is 35.9 Å². The number of nitrogens with zero attached hydrogens (tertiary/aromatic N) is 1. The van der Waals surface area contributed by atoms with Gasteiger partial charge in [-0.05, 0) is 71.7 Å². The van der Waals surface area contributed by atoms with Crippen LogP contribution in [0.4, 0.5) is 10.1 Å². The molecule has 2 N–H and O–H groups in total. The number of benzene rings is 3. The van der Waals surface area contributed by atoms with Crippen molar-refractivity contribution >= 4 is 40.8 Å². The van der Waals surface area contributed by atoms with E-state index in [1.165, 1.54) is 12.1 Å². The summed E-state index contributed by atoms with van der Waals surface area (Å²) in [4.78, 5) is 26.9. The van der Waals surface area contributed by atoms with Crippen LogP contribution in [0.2, 0.25) is 5.02 Å². The normalized spacial score (nSPS) is 13.1. The number of hydrogen-bond donors (Lipinski definition) is 2. The van der Waals surface area contributed by atoms with E-state index in [9.17, 15) is 14.0 Å². The lowest BCUT2D eigenvalue weighted by Gasteiger charge is -2.20. The molecule has 0 aliphatic carbocycles. The Labute approximate surface area is 183 Å². The van der Waals surface area contributed by atoms with Crippen LogP contribution in [0, 0.1) is 5.82 Å². The fourth-order valence-electron chi connectivity index (χ4n) is 3.61. The van der Waals surface area contributed by atoms with Gasteiger partial charge in [-0.25, -0.2) is 9.87 Å². The largest absolute Gasteiger partial charge is 0.308 e. The van der Waals surface area contributed by atoms with E-state index in [1.54, 1.807) is 71.1 Å². The second-order valence-corrected chi connectivity index (χ2v) is 7.55. The summed E-state index contributed by atoms with van der Waals surface area (Å²) in [5.41, 5.74) is 5.20. The second kappa shape index (κ2) is 8.71. The lowest BCUT2D eigenvalue weighted by molar-refractivity contribution is -0.113. The van der Waals surface area contributed by atoms with Crippen molar-refractivity contribution in [1.29, 1.82) is 0 Å². The Kier molecular flexibility index (Phi) is 5.84. The van der Waals surface area contributed by atoms with Crippen molar-refractivity contribution in [1.82, 2.24) is 5.48 Å². The SMILES string of the molecule is O=C(NO)c1ccc2c(c1)CCN2C(=O)/C(=C/c1ccc(F)cc1)c1cccc(Cl)c1. The standard InChI is InChI=1S/C24H18ClFN2O3/c25-19-3-1-2-16(14-19)21(12-15-4-7-20(26)8-5-15)24(30)28-11-10-17-13-18(23(29)27-31)6-9-22(17)28/h1-9,12-14,31H,10-11H2,(H,27,29)/b21-12+. The lowest BCUT2D eigenvalue weighted by Crippen LogP contribution is -2.29. The van der Waals surface area contributed by atoms with Crippen LogP contribution in [-0.2, 0) is 11.2 Å². The molecule has 4 rings (SSSR count). The maximum Gasteiger partial charge on any atom is 0.274 e. The van der Waals surface area contributed by atoms with E-state index in [1.807, 2.05) is 0 Å². The third kappa shape index (κ3) is 4.35. The summed E-state index contributed by atoms with van der Waals surface area (Å²) < 4.78 is 13.3. The molecule has 2 amide bonds. The average Bonchev–Trinajstić information content (AvgIpc) is 3.21. The van der Waals surface area contributed by atoms with Crippen molar-refractivity contribution < 1.29 is 19.2 Å². The molecule has 0 spiro atoms. The maximum absolute atomic E-state index is 13.6. The zero-order valence-electron chi connectivity index (χ0n) is 16.3. The molecular weight excluding hydrogens is 419 g/mol. The number of carbonyl (C=O) groups excluding carboxylic acids is 2. The van der Waals surface area contributed by atoms with Gasteiger partial charge in [0.05, 0.1) is 0 Å². The van der Waals surface area contributed by atoms with E-state index >= 15 is 0 Å². The van der Waals surface area contributed by atoms with Gasteiger partial charge >= 0.3 is 0 Å². The molecule has 31 heavy (non-hydrogen) atoms. The van der Waals surface area contributed by atoms with Crippen LogP contribution < -0.4 is 10.4 Å². The molecule has 0 radical (unpaired) electrons. The first-order valence-electron chi connectivity index (χ1n) is 9.58. The van der Waals surface area contributed by atoms with Gasteiger partial charge in [0.25, 0.3) is 11.8 Å². The van der Waals surface area contributed by atoms with Gasteiger partial charge < -0.3 is 4.90 Å². The number of halogens is 2. The average molecular weight is 437 g/mol. The third-order valence-electron chi connectivity index (χ3n) is 5.13. The lowest BCUT2D eigenvalue weighted by atomic mass is 10.0. The molecule has 1 heterocycles. The van der Waals surface area contributed by atoms with Crippen molar-refractivity contribution in [3.05, 3.63) is 99.8 Å². The topological polar surface area (TPSA) is 69.6 Å². The van der Waals surface area contributed by atoms with Crippen LogP contribution in [0.1, 0.15) is 27.0 Å². The number of rotatable bonds is 4. The van der Waals surface area contributed by atoms with E-state index in [0.29, 0.717) is 45.9 Å². The zero-order valence-corrected chi connectivity index (χ0v) is 17.1. The number of carbonyl (C=O) groups is 2. The summed E-state index contributed by atoms with van der Waals surface area (Å²) in [6, 6.07) is 17.8. The predicted molar refractivity (Wildman–Crippen MR) is 117 cm³/mol. The molecule has 0 aromatic heterocycles. The minimum Gasteiger partial charge on any atom is -0.308 e. The Morgan fingerprint density at radius 2 is 1.81 bits per heavy atom. The van der Waals surface area contributed by atoms with Crippen LogP contribution >= 0.6 is 11.6 Å². The Bertz CT molecular complexity index is 1190. The van der Waals surface area contributed by atoms with Gasteiger partial charge in [0.1, 0.15) is 5.82 Å². The van der Waals surface area contributed by atoms with E-state index in [0.717, 1.165) is 5.56 Å². The van der Waals surface area contributed by atoms with Crippen LogP contribution in [0.5, 0.6) is 0 Å². The minimum absolute atomic E-state index is 0.232. The maximum atomic E-state index is 13.6. The van der Waals surface area contributed by atoms with Crippen molar-refractivity contribution in [3.8, 4) is 0 Å². The summed E-state index contributed by atoms with van der Waals surface area (Å²) in [6.45, 7) is 0.444. The molecule has 5 nitrogen and oxygen atoms in total.